The average molecular weight is 237 g/mol. The third-order valence-electron chi connectivity index (χ3n) is 3.62. The first-order chi connectivity index (χ1) is 8.04. The highest BCUT2D eigenvalue weighted by Crippen LogP contribution is 2.35. The number of rotatable bonds is 3. The van der Waals surface area contributed by atoms with Gasteiger partial charge in [-0.25, -0.2) is 0 Å². The SMILES string of the molecule is Cc1cc(NC(=O)C2(C(C)C)CCNC2)no1. The second kappa shape index (κ2) is 4.49. The van der Waals surface area contributed by atoms with Crippen LogP contribution < -0.4 is 10.6 Å². The Morgan fingerprint density at radius 3 is 2.88 bits per heavy atom. The highest BCUT2D eigenvalue weighted by molar-refractivity contribution is 5.95. The van der Waals surface area contributed by atoms with Crippen molar-refractivity contribution >= 4 is 11.7 Å². The number of carbonyl (C=O) groups excluding carboxylic acids is 1. The normalized spacial score (nSPS) is 24.2. The van der Waals surface area contributed by atoms with Gasteiger partial charge >= 0.3 is 0 Å². The van der Waals surface area contributed by atoms with Crippen molar-refractivity contribution in [2.75, 3.05) is 18.4 Å². The third kappa shape index (κ3) is 2.20. The molecule has 1 aromatic heterocycles. The largest absolute Gasteiger partial charge is 0.360 e. The topological polar surface area (TPSA) is 67.2 Å². The van der Waals surface area contributed by atoms with Crippen molar-refractivity contribution in [1.82, 2.24) is 10.5 Å². The van der Waals surface area contributed by atoms with E-state index in [1.54, 1.807) is 13.0 Å². The summed E-state index contributed by atoms with van der Waals surface area (Å²) in [6.45, 7) is 7.59. The molecule has 17 heavy (non-hydrogen) atoms. The molecule has 0 aliphatic carbocycles. The molecule has 1 aromatic rings. The summed E-state index contributed by atoms with van der Waals surface area (Å²) in [6.07, 6.45) is 0.868. The smallest absolute Gasteiger partial charge is 0.233 e. The standard InChI is InChI=1S/C12H19N3O2/c1-8(2)12(4-5-13-7-12)11(16)14-10-6-9(3)17-15-10/h6,8,13H,4-5,7H2,1-3H3,(H,14,15,16). The Balaban J connectivity index is 2.12. The minimum Gasteiger partial charge on any atom is -0.360 e. The molecule has 0 radical (unpaired) electrons. The number of aromatic nitrogens is 1. The summed E-state index contributed by atoms with van der Waals surface area (Å²) in [5, 5.41) is 9.90. The fourth-order valence-electron chi connectivity index (χ4n) is 2.33. The summed E-state index contributed by atoms with van der Waals surface area (Å²) in [4.78, 5) is 12.4. The number of carbonyl (C=O) groups is 1. The molecule has 1 amide bonds. The van der Waals surface area contributed by atoms with Crippen LogP contribution in [0.3, 0.4) is 0 Å². The van der Waals surface area contributed by atoms with Gasteiger partial charge in [0, 0.05) is 12.6 Å². The maximum atomic E-state index is 12.4. The van der Waals surface area contributed by atoms with Crippen molar-refractivity contribution < 1.29 is 9.32 Å². The first-order valence-corrected chi connectivity index (χ1v) is 6.00. The fourth-order valence-corrected chi connectivity index (χ4v) is 2.33. The van der Waals surface area contributed by atoms with E-state index in [2.05, 4.69) is 29.6 Å². The Morgan fingerprint density at radius 2 is 2.41 bits per heavy atom. The summed E-state index contributed by atoms with van der Waals surface area (Å²) in [6, 6.07) is 1.73. The summed E-state index contributed by atoms with van der Waals surface area (Å²) < 4.78 is 4.94. The minimum atomic E-state index is -0.327. The summed E-state index contributed by atoms with van der Waals surface area (Å²) in [7, 11) is 0. The molecule has 0 saturated carbocycles. The van der Waals surface area contributed by atoms with E-state index in [-0.39, 0.29) is 11.3 Å². The van der Waals surface area contributed by atoms with Crippen molar-refractivity contribution in [2.24, 2.45) is 11.3 Å². The highest BCUT2D eigenvalue weighted by atomic mass is 16.5. The van der Waals surface area contributed by atoms with Gasteiger partial charge < -0.3 is 15.2 Å². The number of amides is 1. The fraction of sp³-hybridized carbons (Fsp3) is 0.667. The predicted octanol–water partition coefficient (Wildman–Crippen LogP) is 1.56. The van der Waals surface area contributed by atoms with E-state index >= 15 is 0 Å². The van der Waals surface area contributed by atoms with E-state index in [4.69, 9.17) is 4.52 Å². The molecule has 5 heteroatoms. The van der Waals surface area contributed by atoms with Gasteiger partial charge in [-0.2, -0.15) is 0 Å². The Hall–Kier alpha value is -1.36. The lowest BCUT2D eigenvalue weighted by Crippen LogP contribution is -2.42. The van der Waals surface area contributed by atoms with Gasteiger partial charge in [0.05, 0.1) is 5.41 Å². The van der Waals surface area contributed by atoms with Crippen molar-refractivity contribution in [3.05, 3.63) is 11.8 Å². The zero-order valence-electron chi connectivity index (χ0n) is 10.5. The van der Waals surface area contributed by atoms with Crippen LogP contribution in [0, 0.1) is 18.3 Å². The number of hydrogen-bond acceptors (Lipinski definition) is 4. The number of nitrogens with zero attached hydrogens (tertiary/aromatic N) is 1. The van der Waals surface area contributed by atoms with Crippen LogP contribution >= 0.6 is 0 Å². The van der Waals surface area contributed by atoms with Crippen LogP contribution in [-0.2, 0) is 4.79 Å². The van der Waals surface area contributed by atoms with Crippen LogP contribution in [0.1, 0.15) is 26.0 Å². The van der Waals surface area contributed by atoms with E-state index in [1.165, 1.54) is 0 Å². The maximum Gasteiger partial charge on any atom is 0.233 e. The Morgan fingerprint density at radius 1 is 1.65 bits per heavy atom. The van der Waals surface area contributed by atoms with Crippen molar-refractivity contribution in [3.63, 3.8) is 0 Å². The molecular formula is C12H19N3O2. The Bertz CT molecular complexity index is 406. The van der Waals surface area contributed by atoms with Crippen molar-refractivity contribution in [2.45, 2.75) is 27.2 Å². The summed E-state index contributed by atoms with van der Waals surface area (Å²) in [5.74, 6) is 1.53. The van der Waals surface area contributed by atoms with E-state index in [0.29, 0.717) is 17.5 Å². The zero-order valence-corrected chi connectivity index (χ0v) is 10.5. The van der Waals surface area contributed by atoms with Crippen LogP contribution in [0.25, 0.3) is 0 Å². The number of nitrogens with one attached hydrogen (secondary N) is 2. The van der Waals surface area contributed by atoms with E-state index in [9.17, 15) is 4.79 Å². The molecule has 1 saturated heterocycles. The van der Waals surface area contributed by atoms with Crippen LogP contribution in [-0.4, -0.2) is 24.2 Å². The first-order valence-electron chi connectivity index (χ1n) is 6.00. The van der Waals surface area contributed by atoms with Crippen LogP contribution in [0.15, 0.2) is 10.6 Å². The maximum absolute atomic E-state index is 12.4. The molecule has 1 fully saturated rings. The molecule has 1 atom stereocenters. The molecule has 0 aromatic carbocycles. The van der Waals surface area contributed by atoms with Crippen LogP contribution in [0.5, 0.6) is 0 Å². The quantitative estimate of drug-likeness (QED) is 0.837. The highest BCUT2D eigenvalue weighted by Gasteiger charge is 2.44. The second-order valence-corrected chi connectivity index (χ2v) is 5.01. The van der Waals surface area contributed by atoms with E-state index in [1.807, 2.05) is 0 Å². The summed E-state index contributed by atoms with van der Waals surface area (Å²) >= 11 is 0. The second-order valence-electron chi connectivity index (χ2n) is 5.01. The predicted molar refractivity (Wildman–Crippen MR) is 64.6 cm³/mol. The van der Waals surface area contributed by atoms with Crippen molar-refractivity contribution in [3.8, 4) is 0 Å². The number of aryl methyl sites for hydroxylation is 1. The van der Waals surface area contributed by atoms with Crippen LogP contribution in [0.4, 0.5) is 5.82 Å². The first kappa shape index (κ1) is 12.1. The van der Waals surface area contributed by atoms with Gasteiger partial charge in [-0.05, 0) is 25.8 Å². The molecule has 1 aliphatic rings. The van der Waals surface area contributed by atoms with Crippen molar-refractivity contribution in [1.29, 1.82) is 0 Å². The molecule has 1 aliphatic heterocycles. The van der Waals surface area contributed by atoms with Gasteiger partial charge in [0.1, 0.15) is 5.76 Å². The lowest BCUT2D eigenvalue weighted by atomic mass is 9.75. The zero-order chi connectivity index (χ0) is 12.5. The van der Waals surface area contributed by atoms with Gasteiger partial charge in [0.15, 0.2) is 5.82 Å². The Kier molecular flexibility index (Phi) is 3.19. The number of anilines is 1. The molecule has 2 N–H and O–H groups in total. The molecule has 2 rings (SSSR count). The monoisotopic (exact) mass is 237 g/mol. The molecule has 2 heterocycles. The molecule has 0 bridgehead atoms. The molecule has 94 valence electrons. The van der Waals surface area contributed by atoms with Gasteiger partial charge in [0.25, 0.3) is 0 Å². The lowest BCUT2D eigenvalue weighted by Gasteiger charge is -2.30. The lowest BCUT2D eigenvalue weighted by molar-refractivity contribution is -0.126. The Labute approximate surface area is 101 Å². The van der Waals surface area contributed by atoms with Gasteiger partial charge in [-0.1, -0.05) is 19.0 Å². The molecule has 5 nitrogen and oxygen atoms in total. The molecule has 0 spiro atoms. The average Bonchev–Trinajstić information content (AvgIpc) is 2.87. The van der Waals surface area contributed by atoms with Gasteiger partial charge in [-0.15, -0.1) is 0 Å². The van der Waals surface area contributed by atoms with E-state index < -0.39 is 0 Å². The minimum absolute atomic E-state index is 0.0331. The number of hydrogen-bond donors (Lipinski definition) is 2. The van der Waals surface area contributed by atoms with Gasteiger partial charge in [-0.3, -0.25) is 4.79 Å². The van der Waals surface area contributed by atoms with Gasteiger partial charge in [0.2, 0.25) is 5.91 Å². The van der Waals surface area contributed by atoms with E-state index in [0.717, 1.165) is 19.5 Å². The molecular weight excluding hydrogens is 218 g/mol. The van der Waals surface area contributed by atoms with Crippen LogP contribution in [0.2, 0.25) is 0 Å². The molecule has 1 unspecified atom stereocenters. The third-order valence-corrected chi connectivity index (χ3v) is 3.62. The summed E-state index contributed by atoms with van der Waals surface area (Å²) in [5.41, 5.74) is -0.327.